The fraction of sp³-hybridized carbons (Fsp3) is 0.667. The number of thiophene rings is 1. The van der Waals surface area contributed by atoms with Gasteiger partial charge in [0.05, 0.1) is 0 Å². The molecule has 1 heterocycles. The van der Waals surface area contributed by atoms with Crippen LogP contribution < -0.4 is 5.32 Å². The molecule has 2 nitrogen and oxygen atoms in total. The third-order valence-corrected chi connectivity index (χ3v) is 4.40. The molecule has 92 valence electrons. The number of halogens is 1. The molecule has 0 unspecified atom stereocenters. The Morgan fingerprint density at radius 1 is 1.50 bits per heavy atom. The second-order valence-corrected chi connectivity index (χ2v) is 6.02. The van der Waals surface area contributed by atoms with Crippen molar-refractivity contribution < 1.29 is 0 Å². The summed E-state index contributed by atoms with van der Waals surface area (Å²) < 4.78 is 1.24. The highest BCUT2D eigenvalue weighted by Crippen LogP contribution is 2.23. The zero-order valence-corrected chi connectivity index (χ0v) is 12.7. The maximum atomic E-state index is 3.58. The van der Waals surface area contributed by atoms with Gasteiger partial charge in [-0.3, -0.25) is 4.90 Å². The van der Waals surface area contributed by atoms with Crippen LogP contribution in [0.2, 0.25) is 0 Å². The lowest BCUT2D eigenvalue weighted by Crippen LogP contribution is -2.34. The lowest BCUT2D eigenvalue weighted by atomic mass is 10.3. The van der Waals surface area contributed by atoms with Gasteiger partial charge in [0.15, 0.2) is 0 Å². The van der Waals surface area contributed by atoms with Gasteiger partial charge in [-0.25, -0.2) is 0 Å². The van der Waals surface area contributed by atoms with Crippen molar-refractivity contribution in [2.24, 2.45) is 0 Å². The first-order chi connectivity index (χ1) is 7.63. The average Bonchev–Trinajstić information content (AvgIpc) is 2.62. The zero-order chi connectivity index (χ0) is 12.0. The van der Waals surface area contributed by atoms with Crippen LogP contribution >= 0.6 is 27.3 Å². The van der Waals surface area contributed by atoms with E-state index in [1.165, 1.54) is 9.35 Å². The van der Waals surface area contributed by atoms with E-state index in [1.807, 2.05) is 11.3 Å². The number of nitrogens with one attached hydrogen (secondary N) is 1. The third kappa shape index (κ3) is 4.95. The monoisotopic (exact) mass is 304 g/mol. The van der Waals surface area contributed by atoms with Crippen molar-refractivity contribution in [1.82, 2.24) is 10.2 Å². The van der Waals surface area contributed by atoms with E-state index in [1.54, 1.807) is 0 Å². The van der Waals surface area contributed by atoms with Gasteiger partial charge in [0, 0.05) is 35.0 Å². The number of rotatable bonds is 7. The van der Waals surface area contributed by atoms with Gasteiger partial charge in [-0.15, -0.1) is 11.3 Å². The summed E-state index contributed by atoms with van der Waals surface area (Å²) in [4.78, 5) is 3.89. The van der Waals surface area contributed by atoms with Gasteiger partial charge in [-0.05, 0) is 33.9 Å². The second-order valence-electron chi connectivity index (χ2n) is 4.17. The highest BCUT2D eigenvalue weighted by molar-refractivity contribution is 9.10. The van der Waals surface area contributed by atoms with Crippen molar-refractivity contribution in [2.45, 2.75) is 33.4 Å². The maximum absolute atomic E-state index is 3.58. The molecule has 4 heteroatoms. The lowest BCUT2D eigenvalue weighted by molar-refractivity contribution is 0.278. The molecular formula is C12H21BrN2S. The lowest BCUT2D eigenvalue weighted by Gasteiger charge is -2.20. The number of likely N-dealkylation sites (N-methyl/N-ethyl adjacent to an activating group) is 1. The van der Waals surface area contributed by atoms with Crippen LogP contribution in [-0.2, 0) is 6.54 Å². The molecule has 0 fully saturated rings. The topological polar surface area (TPSA) is 15.3 Å². The fourth-order valence-corrected chi connectivity index (χ4v) is 3.02. The summed E-state index contributed by atoms with van der Waals surface area (Å²) in [6, 6.07) is 2.70. The molecule has 1 aromatic heterocycles. The minimum atomic E-state index is 0.576. The predicted molar refractivity (Wildman–Crippen MR) is 76.1 cm³/mol. The maximum Gasteiger partial charge on any atom is 0.0339 e. The standard InChI is InChI=1S/C12H21BrN2S/c1-4-15(7-6-14-10(2)3)9-12-11(13)5-8-16-12/h5,8,10,14H,4,6-7,9H2,1-3H3. The molecule has 0 aliphatic heterocycles. The van der Waals surface area contributed by atoms with Gasteiger partial charge in [-0.1, -0.05) is 20.8 Å². The van der Waals surface area contributed by atoms with Crippen LogP contribution in [0.25, 0.3) is 0 Å². The van der Waals surface area contributed by atoms with Gasteiger partial charge in [0.1, 0.15) is 0 Å². The van der Waals surface area contributed by atoms with Crippen molar-refractivity contribution in [1.29, 1.82) is 0 Å². The van der Waals surface area contributed by atoms with Crippen LogP contribution in [0.1, 0.15) is 25.6 Å². The Morgan fingerprint density at radius 3 is 2.75 bits per heavy atom. The Balaban J connectivity index is 2.35. The molecule has 0 aromatic carbocycles. The van der Waals surface area contributed by atoms with Crippen molar-refractivity contribution >= 4 is 27.3 Å². The first-order valence-electron chi connectivity index (χ1n) is 5.81. The normalized spacial score (nSPS) is 11.6. The largest absolute Gasteiger partial charge is 0.313 e. The van der Waals surface area contributed by atoms with E-state index in [4.69, 9.17) is 0 Å². The summed E-state index contributed by atoms with van der Waals surface area (Å²) in [5.41, 5.74) is 0. The first-order valence-corrected chi connectivity index (χ1v) is 7.48. The summed E-state index contributed by atoms with van der Waals surface area (Å²) >= 11 is 5.41. The minimum absolute atomic E-state index is 0.576. The van der Waals surface area contributed by atoms with Gasteiger partial charge >= 0.3 is 0 Å². The van der Waals surface area contributed by atoms with E-state index in [0.29, 0.717) is 6.04 Å². The van der Waals surface area contributed by atoms with E-state index in [0.717, 1.165) is 26.2 Å². The summed E-state index contributed by atoms with van der Waals surface area (Å²) in [6.45, 7) is 10.9. The molecule has 0 spiro atoms. The highest BCUT2D eigenvalue weighted by atomic mass is 79.9. The average molecular weight is 305 g/mol. The van der Waals surface area contributed by atoms with E-state index in [2.05, 4.69) is 58.4 Å². The fourth-order valence-electron chi connectivity index (χ4n) is 1.50. The van der Waals surface area contributed by atoms with Gasteiger partial charge in [0.25, 0.3) is 0 Å². The van der Waals surface area contributed by atoms with Gasteiger partial charge in [-0.2, -0.15) is 0 Å². The Morgan fingerprint density at radius 2 is 2.25 bits per heavy atom. The van der Waals surface area contributed by atoms with Crippen LogP contribution in [0.3, 0.4) is 0 Å². The number of nitrogens with zero attached hydrogens (tertiary/aromatic N) is 1. The van der Waals surface area contributed by atoms with E-state index in [-0.39, 0.29) is 0 Å². The molecule has 0 amide bonds. The molecular weight excluding hydrogens is 284 g/mol. The van der Waals surface area contributed by atoms with Crippen LogP contribution in [0.4, 0.5) is 0 Å². The number of hydrogen-bond acceptors (Lipinski definition) is 3. The Hall–Kier alpha value is 0.100. The van der Waals surface area contributed by atoms with Crippen molar-refractivity contribution in [3.63, 3.8) is 0 Å². The predicted octanol–water partition coefficient (Wildman–Crippen LogP) is 3.33. The summed E-state index contributed by atoms with van der Waals surface area (Å²) in [7, 11) is 0. The van der Waals surface area contributed by atoms with E-state index < -0.39 is 0 Å². The zero-order valence-electron chi connectivity index (χ0n) is 10.3. The molecule has 1 N–H and O–H groups in total. The molecule has 1 rings (SSSR count). The first kappa shape index (κ1) is 14.2. The highest BCUT2D eigenvalue weighted by Gasteiger charge is 2.07. The number of hydrogen-bond donors (Lipinski definition) is 1. The SMILES string of the molecule is CCN(CCNC(C)C)Cc1sccc1Br. The van der Waals surface area contributed by atoms with Gasteiger partial charge < -0.3 is 5.32 Å². The Labute approximate surface area is 111 Å². The second kappa shape index (κ2) is 7.43. The smallest absolute Gasteiger partial charge is 0.0339 e. The summed E-state index contributed by atoms with van der Waals surface area (Å²) in [6.07, 6.45) is 0. The third-order valence-electron chi connectivity index (χ3n) is 2.49. The molecule has 1 aromatic rings. The molecule has 0 radical (unpaired) electrons. The molecule has 0 aliphatic rings. The molecule has 0 aliphatic carbocycles. The molecule has 0 bridgehead atoms. The van der Waals surface area contributed by atoms with Gasteiger partial charge in [0.2, 0.25) is 0 Å². The van der Waals surface area contributed by atoms with Crippen molar-refractivity contribution in [3.8, 4) is 0 Å². The van der Waals surface area contributed by atoms with Crippen LogP contribution in [0, 0.1) is 0 Å². The molecule has 0 saturated carbocycles. The minimum Gasteiger partial charge on any atom is -0.313 e. The van der Waals surface area contributed by atoms with E-state index >= 15 is 0 Å². The van der Waals surface area contributed by atoms with Crippen molar-refractivity contribution in [3.05, 3.63) is 20.8 Å². The van der Waals surface area contributed by atoms with Crippen LogP contribution in [0.5, 0.6) is 0 Å². The Bertz CT molecular complexity index is 299. The summed E-state index contributed by atoms with van der Waals surface area (Å²) in [5, 5.41) is 5.59. The Kier molecular flexibility index (Phi) is 6.58. The van der Waals surface area contributed by atoms with Crippen LogP contribution in [-0.4, -0.2) is 30.6 Å². The molecule has 0 saturated heterocycles. The van der Waals surface area contributed by atoms with E-state index in [9.17, 15) is 0 Å². The van der Waals surface area contributed by atoms with Crippen molar-refractivity contribution in [2.75, 3.05) is 19.6 Å². The molecule has 16 heavy (non-hydrogen) atoms. The molecule has 0 atom stereocenters. The quantitative estimate of drug-likeness (QED) is 0.831. The van der Waals surface area contributed by atoms with Crippen LogP contribution in [0.15, 0.2) is 15.9 Å². The summed E-state index contributed by atoms with van der Waals surface area (Å²) in [5.74, 6) is 0.